The van der Waals surface area contributed by atoms with Crippen LogP contribution >= 0.6 is 0 Å². The normalized spacial score (nSPS) is 14.6. The minimum Gasteiger partial charge on any atom is -0.308 e. The Balaban J connectivity index is 1.54. The third-order valence-electron chi connectivity index (χ3n) is 3.65. The quantitative estimate of drug-likeness (QED) is 0.846. The average Bonchev–Trinajstić information content (AvgIpc) is 3.31. The SMILES string of the molecule is CN(Cc1ccncc1)Cc1cccc(CNC2CC2)n1. The van der Waals surface area contributed by atoms with Crippen molar-refractivity contribution in [2.45, 2.75) is 38.5 Å². The topological polar surface area (TPSA) is 41.1 Å². The molecule has 110 valence electrons. The molecule has 0 amide bonds. The van der Waals surface area contributed by atoms with Crippen LogP contribution in [0.4, 0.5) is 0 Å². The minimum absolute atomic E-state index is 0.727. The Labute approximate surface area is 126 Å². The van der Waals surface area contributed by atoms with Crippen LogP contribution in [0.5, 0.6) is 0 Å². The largest absolute Gasteiger partial charge is 0.308 e. The fourth-order valence-electron chi connectivity index (χ4n) is 2.38. The summed E-state index contributed by atoms with van der Waals surface area (Å²) in [7, 11) is 2.12. The van der Waals surface area contributed by atoms with Crippen molar-refractivity contribution in [3.05, 3.63) is 59.7 Å². The maximum Gasteiger partial charge on any atom is 0.0547 e. The predicted octanol–water partition coefficient (Wildman–Crippen LogP) is 2.36. The number of aromatic nitrogens is 2. The van der Waals surface area contributed by atoms with E-state index in [1.54, 1.807) is 0 Å². The number of hydrogen-bond acceptors (Lipinski definition) is 4. The van der Waals surface area contributed by atoms with Crippen LogP contribution in [0, 0.1) is 0 Å². The van der Waals surface area contributed by atoms with E-state index >= 15 is 0 Å². The number of hydrogen-bond donors (Lipinski definition) is 1. The molecule has 0 atom stereocenters. The van der Waals surface area contributed by atoms with Crippen molar-refractivity contribution < 1.29 is 0 Å². The molecule has 0 unspecified atom stereocenters. The molecule has 2 heterocycles. The smallest absolute Gasteiger partial charge is 0.0547 e. The summed E-state index contributed by atoms with van der Waals surface area (Å²) in [5.41, 5.74) is 3.54. The van der Waals surface area contributed by atoms with E-state index in [0.29, 0.717) is 0 Å². The van der Waals surface area contributed by atoms with Crippen LogP contribution in [0.25, 0.3) is 0 Å². The van der Waals surface area contributed by atoms with Crippen LogP contribution in [0.15, 0.2) is 42.7 Å². The molecule has 4 nitrogen and oxygen atoms in total. The Hall–Kier alpha value is -1.78. The van der Waals surface area contributed by atoms with Crippen LogP contribution in [-0.2, 0) is 19.6 Å². The van der Waals surface area contributed by atoms with Crippen molar-refractivity contribution in [2.24, 2.45) is 0 Å². The van der Waals surface area contributed by atoms with Gasteiger partial charge in [-0.25, -0.2) is 0 Å². The molecule has 4 heteroatoms. The second-order valence-electron chi connectivity index (χ2n) is 5.80. The summed E-state index contributed by atoms with van der Waals surface area (Å²) >= 11 is 0. The lowest BCUT2D eigenvalue weighted by molar-refractivity contribution is 0.314. The van der Waals surface area contributed by atoms with E-state index in [0.717, 1.165) is 37.1 Å². The van der Waals surface area contributed by atoms with Gasteiger partial charge in [0.2, 0.25) is 0 Å². The summed E-state index contributed by atoms with van der Waals surface area (Å²) < 4.78 is 0. The van der Waals surface area contributed by atoms with Crippen molar-refractivity contribution in [3.63, 3.8) is 0 Å². The van der Waals surface area contributed by atoms with Gasteiger partial charge in [0.05, 0.1) is 11.4 Å². The highest BCUT2D eigenvalue weighted by atomic mass is 15.1. The van der Waals surface area contributed by atoms with Crippen molar-refractivity contribution in [3.8, 4) is 0 Å². The zero-order valence-corrected chi connectivity index (χ0v) is 12.5. The second-order valence-corrected chi connectivity index (χ2v) is 5.80. The summed E-state index contributed by atoms with van der Waals surface area (Å²) in [6.45, 7) is 2.65. The van der Waals surface area contributed by atoms with Crippen LogP contribution in [0.1, 0.15) is 29.8 Å². The van der Waals surface area contributed by atoms with Gasteiger partial charge in [-0.05, 0) is 49.7 Å². The molecule has 0 spiro atoms. The molecule has 1 aliphatic carbocycles. The summed E-state index contributed by atoms with van der Waals surface area (Å²) in [4.78, 5) is 11.1. The molecule has 3 rings (SSSR count). The Morgan fingerprint density at radius 2 is 1.86 bits per heavy atom. The molecule has 0 saturated heterocycles. The van der Waals surface area contributed by atoms with Crippen LogP contribution < -0.4 is 5.32 Å². The molecule has 0 radical (unpaired) electrons. The molecule has 0 aliphatic heterocycles. The Kier molecular flexibility index (Phi) is 4.58. The van der Waals surface area contributed by atoms with E-state index < -0.39 is 0 Å². The molecule has 2 aromatic heterocycles. The highest BCUT2D eigenvalue weighted by Gasteiger charge is 2.20. The van der Waals surface area contributed by atoms with Gasteiger partial charge in [0.25, 0.3) is 0 Å². The van der Waals surface area contributed by atoms with E-state index in [9.17, 15) is 0 Å². The first kappa shape index (κ1) is 14.2. The van der Waals surface area contributed by atoms with Gasteiger partial charge in [0, 0.05) is 38.1 Å². The molecule has 1 N–H and O–H groups in total. The first-order chi connectivity index (χ1) is 10.3. The zero-order chi connectivity index (χ0) is 14.5. The summed E-state index contributed by atoms with van der Waals surface area (Å²) in [5, 5.41) is 3.51. The lowest BCUT2D eigenvalue weighted by atomic mass is 10.2. The van der Waals surface area contributed by atoms with Gasteiger partial charge in [-0.15, -0.1) is 0 Å². The zero-order valence-electron chi connectivity index (χ0n) is 12.5. The fraction of sp³-hybridized carbons (Fsp3) is 0.412. The van der Waals surface area contributed by atoms with Gasteiger partial charge in [-0.2, -0.15) is 0 Å². The fourth-order valence-corrected chi connectivity index (χ4v) is 2.38. The summed E-state index contributed by atoms with van der Waals surface area (Å²) in [6.07, 6.45) is 6.31. The molecule has 1 aliphatic rings. The Bertz CT molecular complexity index is 566. The minimum atomic E-state index is 0.727. The molecule has 21 heavy (non-hydrogen) atoms. The molecule has 1 fully saturated rings. The van der Waals surface area contributed by atoms with Gasteiger partial charge < -0.3 is 5.32 Å². The number of pyridine rings is 2. The van der Waals surface area contributed by atoms with Gasteiger partial charge in [0.1, 0.15) is 0 Å². The maximum absolute atomic E-state index is 4.74. The van der Waals surface area contributed by atoms with E-state index in [1.807, 2.05) is 12.4 Å². The van der Waals surface area contributed by atoms with Crippen molar-refractivity contribution in [1.82, 2.24) is 20.2 Å². The monoisotopic (exact) mass is 282 g/mol. The maximum atomic E-state index is 4.74. The number of rotatable bonds is 7. The highest BCUT2D eigenvalue weighted by Crippen LogP contribution is 2.19. The van der Waals surface area contributed by atoms with Crippen molar-refractivity contribution in [2.75, 3.05) is 7.05 Å². The molecular weight excluding hydrogens is 260 g/mol. The molecule has 1 saturated carbocycles. The van der Waals surface area contributed by atoms with E-state index in [-0.39, 0.29) is 0 Å². The van der Waals surface area contributed by atoms with E-state index in [2.05, 4.69) is 52.6 Å². The van der Waals surface area contributed by atoms with Crippen LogP contribution in [0.3, 0.4) is 0 Å². The Morgan fingerprint density at radius 1 is 1.10 bits per heavy atom. The third kappa shape index (κ3) is 4.62. The van der Waals surface area contributed by atoms with Gasteiger partial charge in [-0.3, -0.25) is 14.9 Å². The predicted molar refractivity (Wildman–Crippen MR) is 83.5 cm³/mol. The third-order valence-corrected chi connectivity index (χ3v) is 3.65. The average molecular weight is 282 g/mol. The van der Waals surface area contributed by atoms with E-state index in [1.165, 1.54) is 18.4 Å². The van der Waals surface area contributed by atoms with Crippen LogP contribution in [0.2, 0.25) is 0 Å². The van der Waals surface area contributed by atoms with Crippen molar-refractivity contribution >= 4 is 0 Å². The van der Waals surface area contributed by atoms with Gasteiger partial charge in [-0.1, -0.05) is 6.07 Å². The number of nitrogens with one attached hydrogen (secondary N) is 1. The first-order valence-electron chi connectivity index (χ1n) is 7.55. The van der Waals surface area contributed by atoms with E-state index in [4.69, 9.17) is 4.98 Å². The lowest BCUT2D eigenvalue weighted by Gasteiger charge is -2.16. The molecule has 2 aromatic rings. The second kappa shape index (κ2) is 6.78. The number of nitrogens with zero attached hydrogens (tertiary/aromatic N) is 3. The molecule has 0 aromatic carbocycles. The summed E-state index contributed by atoms with van der Waals surface area (Å²) in [6, 6.07) is 11.1. The van der Waals surface area contributed by atoms with Crippen LogP contribution in [-0.4, -0.2) is 28.0 Å². The molecular formula is C17H22N4. The summed E-state index contributed by atoms with van der Waals surface area (Å²) in [5.74, 6) is 0. The highest BCUT2D eigenvalue weighted by molar-refractivity contribution is 5.13. The van der Waals surface area contributed by atoms with Crippen molar-refractivity contribution in [1.29, 1.82) is 0 Å². The molecule has 0 bridgehead atoms. The lowest BCUT2D eigenvalue weighted by Crippen LogP contribution is -2.20. The standard InChI is InChI=1S/C17H22N4/c1-21(12-14-7-9-18-10-8-14)13-17-4-2-3-16(20-17)11-19-15-5-6-15/h2-4,7-10,15,19H,5-6,11-13H2,1H3. The van der Waals surface area contributed by atoms with Gasteiger partial charge >= 0.3 is 0 Å². The Morgan fingerprint density at radius 3 is 2.62 bits per heavy atom. The first-order valence-corrected chi connectivity index (χ1v) is 7.55. The van der Waals surface area contributed by atoms with Gasteiger partial charge in [0.15, 0.2) is 0 Å².